The largest absolute Gasteiger partial charge is 0.508 e. The highest BCUT2D eigenvalue weighted by molar-refractivity contribution is 7.98. The first-order valence-electron chi connectivity index (χ1n) is 18.9. The number of imide groups is 1. The molecule has 274 valence electrons. The maximum absolute atomic E-state index is 12.6. The van der Waals surface area contributed by atoms with Gasteiger partial charge in [-0.15, -0.1) is 11.8 Å². The number of carbonyl (C=O) groups excluding carboxylic acids is 4. The number of aromatic hydroxyl groups is 1. The Labute approximate surface area is 301 Å². The van der Waals surface area contributed by atoms with Crippen molar-refractivity contribution in [1.29, 1.82) is 0 Å². The number of hydrogen-bond acceptors (Lipinski definition) is 7. The van der Waals surface area contributed by atoms with Crippen molar-refractivity contribution < 1.29 is 24.3 Å². The molecule has 1 aromatic heterocycles. The van der Waals surface area contributed by atoms with E-state index in [-0.39, 0.29) is 35.5 Å². The molecule has 50 heavy (non-hydrogen) atoms. The predicted octanol–water partition coefficient (Wildman–Crippen LogP) is 5.68. The van der Waals surface area contributed by atoms with Crippen LogP contribution in [0.4, 0.5) is 0 Å². The molecule has 3 heterocycles. The van der Waals surface area contributed by atoms with Crippen molar-refractivity contribution in [2.75, 3.05) is 39.0 Å². The average molecular weight is 708 g/mol. The first kappa shape index (κ1) is 37.9. The van der Waals surface area contributed by atoms with Gasteiger partial charge in [0.15, 0.2) is 0 Å². The van der Waals surface area contributed by atoms with E-state index in [1.54, 1.807) is 11.8 Å². The van der Waals surface area contributed by atoms with Gasteiger partial charge >= 0.3 is 0 Å². The summed E-state index contributed by atoms with van der Waals surface area (Å²) in [4.78, 5) is 52.5. The van der Waals surface area contributed by atoms with E-state index in [1.165, 1.54) is 33.0 Å². The van der Waals surface area contributed by atoms with Crippen LogP contribution < -0.4 is 10.6 Å². The van der Waals surface area contributed by atoms with Gasteiger partial charge in [0.25, 0.3) is 11.8 Å². The van der Waals surface area contributed by atoms with Crippen LogP contribution >= 0.6 is 11.8 Å². The number of carbonyl (C=O) groups is 4. The van der Waals surface area contributed by atoms with Crippen LogP contribution in [0.2, 0.25) is 0 Å². The van der Waals surface area contributed by atoms with Gasteiger partial charge in [-0.05, 0) is 113 Å². The molecule has 2 fully saturated rings. The van der Waals surface area contributed by atoms with Gasteiger partial charge in [-0.1, -0.05) is 19.8 Å². The summed E-state index contributed by atoms with van der Waals surface area (Å²) in [5.41, 5.74) is 3.58. The van der Waals surface area contributed by atoms with Crippen LogP contribution in [0, 0.1) is 17.8 Å². The quantitative estimate of drug-likeness (QED) is 0.110. The minimum atomic E-state index is -0.235. The Hall–Kier alpha value is -3.31. The summed E-state index contributed by atoms with van der Waals surface area (Å²) >= 11 is 1.78. The lowest BCUT2D eigenvalue weighted by molar-refractivity contribution is -0.138. The number of phenols is 1. The maximum atomic E-state index is 12.6. The van der Waals surface area contributed by atoms with E-state index >= 15 is 0 Å². The van der Waals surface area contributed by atoms with Crippen LogP contribution in [0.3, 0.4) is 0 Å². The van der Waals surface area contributed by atoms with Crippen LogP contribution in [-0.4, -0.2) is 82.1 Å². The second-order valence-electron chi connectivity index (χ2n) is 14.6. The van der Waals surface area contributed by atoms with E-state index in [4.69, 9.17) is 0 Å². The number of aryl methyl sites for hydroxylation is 2. The van der Waals surface area contributed by atoms with Crippen LogP contribution in [0.1, 0.15) is 95.1 Å². The van der Waals surface area contributed by atoms with Gasteiger partial charge in [0, 0.05) is 68.7 Å². The van der Waals surface area contributed by atoms with Gasteiger partial charge < -0.3 is 20.3 Å². The maximum Gasteiger partial charge on any atom is 0.253 e. The van der Waals surface area contributed by atoms with Crippen molar-refractivity contribution in [3.8, 4) is 5.75 Å². The summed E-state index contributed by atoms with van der Waals surface area (Å²) in [6.07, 6.45) is 16.5. The molecule has 5 rings (SSSR count). The average Bonchev–Trinajstić information content (AvgIpc) is 3.58. The molecular formula is C39H57N5O5S. The molecule has 2 aliphatic heterocycles. The number of nitrogens with zero attached hydrogens (tertiary/aromatic N) is 3. The molecule has 0 unspecified atom stereocenters. The van der Waals surface area contributed by atoms with E-state index in [0.29, 0.717) is 37.7 Å². The van der Waals surface area contributed by atoms with Crippen molar-refractivity contribution in [3.05, 3.63) is 35.4 Å². The summed E-state index contributed by atoms with van der Waals surface area (Å²) in [6.45, 7) is 6.74. The lowest BCUT2D eigenvalue weighted by Crippen LogP contribution is -2.38. The molecule has 1 saturated heterocycles. The van der Waals surface area contributed by atoms with Crippen molar-refractivity contribution in [3.63, 3.8) is 0 Å². The third-order valence-corrected chi connectivity index (χ3v) is 12.0. The molecule has 2 aromatic rings. The molecule has 3 aliphatic rings. The molecular weight excluding hydrogens is 651 g/mol. The fourth-order valence-corrected chi connectivity index (χ4v) is 8.98. The molecule has 10 nitrogen and oxygen atoms in total. The van der Waals surface area contributed by atoms with Gasteiger partial charge in [-0.2, -0.15) is 0 Å². The van der Waals surface area contributed by atoms with Gasteiger partial charge in [-0.25, -0.2) is 0 Å². The molecule has 1 aliphatic carbocycles. The Bertz CT molecular complexity index is 1520. The lowest BCUT2D eigenvalue weighted by atomic mass is 9.81. The SMILES string of the molecule is CCCc1c(SC)n(C)c2c(CN3CCC(CCNC(=O)CCCCCNC(=O)C4CCC(CN5C(=O)C=CC5=O)CC4)CC3)c(O)ccc12. The van der Waals surface area contributed by atoms with E-state index in [2.05, 4.69) is 46.4 Å². The highest BCUT2D eigenvalue weighted by atomic mass is 32.2. The zero-order chi connectivity index (χ0) is 35.6. The van der Waals surface area contributed by atoms with Crippen molar-refractivity contribution in [2.45, 2.75) is 102 Å². The fourth-order valence-electron chi connectivity index (χ4n) is 8.16. The number of amides is 4. The Kier molecular flexibility index (Phi) is 13.9. The monoisotopic (exact) mass is 707 g/mol. The van der Waals surface area contributed by atoms with Crippen LogP contribution in [-0.2, 0) is 39.2 Å². The minimum Gasteiger partial charge on any atom is -0.508 e. The normalized spacial score (nSPS) is 20.3. The van der Waals surface area contributed by atoms with Gasteiger partial charge in [-0.3, -0.25) is 29.0 Å². The highest BCUT2D eigenvalue weighted by Crippen LogP contribution is 2.38. The Morgan fingerprint density at radius 3 is 2.30 bits per heavy atom. The number of thioether (sulfide) groups is 1. The lowest BCUT2D eigenvalue weighted by Gasteiger charge is -2.32. The minimum absolute atomic E-state index is 0.00276. The van der Waals surface area contributed by atoms with Crippen molar-refractivity contribution >= 4 is 46.3 Å². The van der Waals surface area contributed by atoms with Crippen LogP contribution in [0.15, 0.2) is 29.3 Å². The Morgan fingerprint density at radius 2 is 1.62 bits per heavy atom. The molecule has 0 atom stereocenters. The molecule has 1 aromatic carbocycles. The number of fused-ring (bicyclic) bond motifs is 1. The number of rotatable bonds is 17. The van der Waals surface area contributed by atoms with Crippen molar-refractivity contribution in [1.82, 2.24) is 25.0 Å². The number of hydrogen-bond donors (Lipinski definition) is 3. The molecule has 0 spiro atoms. The number of likely N-dealkylation sites (tertiary alicyclic amines) is 1. The second-order valence-corrected chi connectivity index (χ2v) is 15.3. The first-order valence-corrected chi connectivity index (χ1v) is 20.1. The van der Waals surface area contributed by atoms with Gasteiger partial charge in [0.05, 0.1) is 10.5 Å². The number of piperidine rings is 1. The topological polar surface area (TPSA) is 124 Å². The molecule has 0 radical (unpaired) electrons. The fraction of sp³-hybridized carbons (Fsp3) is 0.641. The summed E-state index contributed by atoms with van der Waals surface area (Å²) in [5.74, 6) is 0.972. The number of benzene rings is 1. The third-order valence-electron chi connectivity index (χ3n) is 11.1. The summed E-state index contributed by atoms with van der Waals surface area (Å²) in [6, 6.07) is 3.95. The summed E-state index contributed by atoms with van der Waals surface area (Å²) in [5, 5.41) is 19.6. The van der Waals surface area contributed by atoms with E-state index in [9.17, 15) is 24.3 Å². The summed E-state index contributed by atoms with van der Waals surface area (Å²) < 4.78 is 2.27. The van der Waals surface area contributed by atoms with Gasteiger partial charge in [0.2, 0.25) is 11.8 Å². The van der Waals surface area contributed by atoms with Crippen molar-refractivity contribution in [2.24, 2.45) is 24.8 Å². The standard InChI is InChI=1S/C39H57N5O5S/c1-4-8-31-30-14-15-33(45)32(37(30)42(2)39(31)50-3)26-43-23-19-27(20-24-43)18-22-40-34(46)9-6-5-7-21-41-38(49)29-12-10-28(11-13-29)25-44-35(47)16-17-36(44)48/h14-17,27-29,45H,4-13,18-26H2,1-3H3,(H,40,46)(H,41,49). The predicted molar refractivity (Wildman–Crippen MR) is 199 cm³/mol. The Morgan fingerprint density at radius 1 is 0.900 bits per heavy atom. The van der Waals surface area contributed by atoms with Crippen LogP contribution in [0.5, 0.6) is 5.75 Å². The molecule has 3 N–H and O–H groups in total. The third kappa shape index (κ3) is 9.51. The van der Waals surface area contributed by atoms with E-state index < -0.39 is 0 Å². The zero-order valence-electron chi connectivity index (χ0n) is 30.3. The number of nitrogens with one attached hydrogen (secondary N) is 2. The second kappa shape index (κ2) is 18.3. The number of aromatic nitrogens is 1. The molecule has 4 amide bonds. The summed E-state index contributed by atoms with van der Waals surface area (Å²) in [7, 11) is 2.12. The smallest absolute Gasteiger partial charge is 0.253 e. The van der Waals surface area contributed by atoms with Crippen LogP contribution in [0.25, 0.3) is 10.9 Å². The number of unbranched alkanes of at least 4 members (excludes halogenated alkanes) is 2. The highest BCUT2D eigenvalue weighted by Gasteiger charge is 2.31. The first-order chi connectivity index (χ1) is 24.2. The van der Waals surface area contributed by atoms with E-state index in [1.807, 2.05) is 6.07 Å². The molecule has 11 heteroatoms. The molecule has 0 bridgehead atoms. The molecule has 1 saturated carbocycles. The van der Waals surface area contributed by atoms with E-state index in [0.717, 1.165) is 108 Å². The number of phenolic OH excluding ortho intramolecular Hbond substituents is 1. The Balaban J connectivity index is 0.911. The zero-order valence-corrected chi connectivity index (χ0v) is 31.1. The van der Waals surface area contributed by atoms with Gasteiger partial charge in [0.1, 0.15) is 5.75 Å².